The average Bonchev–Trinajstić information content (AvgIpc) is 2.83. The molecule has 0 fully saturated rings. The van der Waals surface area contributed by atoms with Gasteiger partial charge in [-0.2, -0.15) is 5.10 Å². The summed E-state index contributed by atoms with van der Waals surface area (Å²) in [7, 11) is 0. The van der Waals surface area contributed by atoms with Gasteiger partial charge in [0.05, 0.1) is 5.69 Å². The summed E-state index contributed by atoms with van der Waals surface area (Å²) in [6.45, 7) is 6.38. The quantitative estimate of drug-likeness (QED) is 0.775. The molecule has 2 heterocycles. The van der Waals surface area contributed by atoms with Crippen LogP contribution in [0.1, 0.15) is 22.4 Å². The molecular formula is C16H18N4O. The molecule has 0 bridgehead atoms. The average molecular weight is 282 g/mol. The molecule has 5 heteroatoms. The number of aryl methyl sites for hydroxylation is 2. The van der Waals surface area contributed by atoms with Crippen LogP contribution in [0.15, 0.2) is 30.6 Å². The Balaban J connectivity index is 1.81. The Labute approximate surface area is 123 Å². The lowest BCUT2D eigenvalue weighted by Gasteiger charge is -2.12. The van der Waals surface area contributed by atoms with E-state index < -0.39 is 0 Å². The Bertz CT molecular complexity index is 807. The van der Waals surface area contributed by atoms with Crippen molar-refractivity contribution in [3.63, 3.8) is 0 Å². The van der Waals surface area contributed by atoms with E-state index in [1.165, 1.54) is 0 Å². The van der Waals surface area contributed by atoms with Gasteiger partial charge < -0.3 is 10.4 Å². The van der Waals surface area contributed by atoms with Crippen molar-refractivity contribution >= 4 is 11.3 Å². The molecule has 0 radical (unpaired) electrons. The van der Waals surface area contributed by atoms with Gasteiger partial charge in [-0.3, -0.25) is 0 Å². The number of hydrogen-bond acceptors (Lipinski definition) is 4. The Morgan fingerprint density at radius 1 is 1.24 bits per heavy atom. The van der Waals surface area contributed by atoms with Crippen LogP contribution in [0.5, 0.6) is 5.75 Å². The molecule has 0 aliphatic rings. The molecule has 1 aromatic carbocycles. The van der Waals surface area contributed by atoms with E-state index in [0.29, 0.717) is 12.3 Å². The SMILES string of the molecule is Cc1cc2ncc(CNc3ccc(C)c(O)c3C)cn2n1. The van der Waals surface area contributed by atoms with E-state index in [4.69, 9.17) is 0 Å². The number of nitrogens with zero attached hydrogens (tertiary/aromatic N) is 3. The van der Waals surface area contributed by atoms with Crippen molar-refractivity contribution in [2.75, 3.05) is 5.32 Å². The van der Waals surface area contributed by atoms with Gasteiger partial charge in [0.25, 0.3) is 0 Å². The van der Waals surface area contributed by atoms with E-state index in [1.807, 2.05) is 51.4 Å². The maximum absolute atomic E-state index is 9.96. The minimum atomic E-state index is 0.344. The lowest BCUT2D eigenvalue weighted by molar-refractivity contribution is 0.467. The lowest BCUT2D eigenvalue weighted by atomic mass is 10.1. The third-order valence-electron chi connectivity index (χ3n) is 3.60. The lowest BCUT2D eigenvalue weighted by Crippen LogP contribution is -2.04. The number of aromatic hydroxyl groups is 1. The largest absolute Gasteiger partial charge is 0.507 e. The van der Waals surface area contributed by atoms with Crippen molar-refractivity contribution < 1.29 is 5.11 Å². The highest BCUT2D eigenvalue weighted by Crippen LogP contribution is 2.28. The zero-order valence-corrected chi connectivity index (χ0v) is 12.4. The fourth-order valence-electron chi connectivity index (χ4n) is 2.35. The fourth-order valence-corrected chi connectivity index (χ4v) is 2.35. The molecule has 0 unspecified atom stereocenters. The van der Waals surface area contributed by atoms with Crippen LogP contribution in [0, 0.1) is 20.8 Å². The predicted molar refractivity (Wildman–Crippen MR) is 82.6 cm³/mol. The minimum Gasteiger partial charge on any atom is -0.507 e. The Morgan fingerprint density at radius 3 is 2.86 bits per heavy atom. The molecule has 108 valence electrons. The molecule has 2 aromatic heterocycles. The second-order valence-electron chi connectivity index (χ2n) is 5.31. The van der Waals surface area contributed by atoms with Gasteiger partial charge in [0.2, 0.25) is 0 Å². The summed E-state index contributed by atoms with van der Waals surface area (Å²) in [5.74, 6) is 0.344. The number of fused-ring (bicyclic) bond motifs is 1. The summed E-state index contributed by atoms with van der Waals surface area (Å²) in [5.41, 5.74) is 5.50. The summed E-state index contributed by atoms with van der Waals surface area (Å²) >= 11 is 0. The van der Waals surface area contributed by atoms with E-state index in [2.05, 4.69) is 15.4 Å². The first-order valence-electron chi connectivity index (χ1n) is 6.88. The van der Waals surface area contributed by atoms with Crippen molar-refractivity contribution in [2.45, 2.75) is 27.3 Å². The Kier molecular flexibility index (Phi) is 3.25. The van der Waals surface area contributed by atoms with Gasteiger partial charge >= 0.3 is 0 Å². The van der Waals surface area contributed by atoms with Crippen LogP contribution >= 0.6 is 0 Å². The summed E-state index contributed by atoms with van der Waals surface area (Å²) < 4.78 is 1.78. The maximum Gasteiger partial charge on any atom is 0.155 e. The molecule has 21 heavy (non-hydrogen) atoms. The highest BCUT2D eigenvalue weighted by atomic mass is 16.3. The smallest absolute Gasteiger partial charge is 0.155 e. The number of phenols is 1. The standard InChI is InChI=1S/C16H18N4O/c1-10-4-5-14(12(3)16(10)21)17-7-13-8-18-15-6-11(2)19-20(15)9-13/h4-6,8-9,17,21H,7H2,1-3H3. The highest BCUT2D eigenvalue weighted by molar-refractivity contribution is 5.59. The monoisotopic (exact) mass is 282 g/mol. The van der Waals surface area contributed by atoms with Gasteiger partial charge in [0.1, 0.15) is 5.75 Å². The summed E-state index contributed by atoms with van der Waals surface area (Å²) in [4.78, 5) is 4.38. The molecule has 0 aliphatic heterocycles. The zero-order chi connectivity index (χ0) is 15.0. The van der Waals surface area contributed by atoms with Crippen molar-refractivity contribution in [1.82, 2.24) is 14.6 Å². The first-order chi connectivity index (χ1) is 10.0. The number of anilines is 1. The van der Waals surface area contributed by atoms with Crippen LogP contribution in [0.2, 0.25) is 0 Å². The molecule has 0 saturated carbocycles. The molecule has 0 spiro atoms. The third kappa shape index (κ3) is 2.54. The normalized spacial score (nSPS) is 11.0. The predicted octanol–water partition coefficient (Wildman–Crippen LogP) is 2.97. The minimum absolute atomic E-state index is 0.344. The van der Waals surface area contributed by atoms with E-state index in [9.17, 15) is 5.11 Å². The molecule has 0 amide bonds. The van der Waals surface area contributed by atoms with Crippen LogP contribution in [0.4, 0.5) is 5.69 Å². The van der Waals surface area contributed by atoms with Crippen molar-refractivity contribution in [3.8, 4) is 5.75 Å². The van der Waals surface area contributed by atoms with Gasteiger partial charge in [-0.1, -0.05) is 6.07 Å². The zero-order valence-electron chi connectivity index (χ0n) is 12.4. The number of phenolic OH excluding ortho intramolecular Hbond substituents is 1. The fraction of sp³-hybridized carbons (Fsp3) is 0.250. The first kappa shape index (κ1) is 13.4. The van der Waals surface area contributed by atoms with Gasteiger partial charge in [-0.05, 0) is 32.4 Å². The summed E-state index contributed by atoms with van der Waals surface area (Å²) in [6, 6.07) is 5.83. The van der Waals surface area contributed by atoms with Crippen molar-refractivity contribution in [2.24, 2.45) is 0 Å². The highest BCUT2D eigenvalue weighted by Gasteiger charge is 2.06. The van der Waals surface area contributed by atoms with Gasteiger partial charge in [-0.15, -0.1) is 0 Å². The van der Waals surface area contributed by atoms with Crippen LogP contribution in [0.3, 0.4) is 0 Å². The number of rotatable bonds is 3. The van der Waals surface area contributed by atoms with E-state index in [1.54, 1.807) is 4.52 Å². The molecular weight excluding hydrogens is 264 g/mol. The maximum atomic E-state index is 9.96. The van der Waals surface area contributed by atoms with E-state index in [0.717, 1.165) is 33.7 Å². The molecule has 3 rings (SSSR count). The second kappa shape index (κ2) is 5.09. The van der Waals surface area contributed by atoms with Crippen LogP contribution < -0.4 is 5.32 Å². The topological polar surface area (TPSA) is 62.5 Å². The first-order valence-corrected chi connectivity index (χ1v) is 6.88. The number of aromatic nitrogens is 3. The molecule has 0 saturated heterocycles. The van der Waals surface area contributed by atoms with E-state index >= 15 is 0 Å². The summed E-state index contributed by atoms with van der Waals surface area (Å²) in [5, 5.41) is 17.6. The molecule has 0 aliphatic carbocycles. The van der Waals surface area contributed by atoms with Crippen LogP contribution in [0.25, 0.3) is 5.65 Å². The third-order valence-corrected chi connectivity index (χ3v) is 3.60. The Morgan fingerprint density at radius 2 is 2.05 bits per heavy atom. The number of benzene rings is 1. The van der Waals surface area contributed by atoms with E-state index in [-0.39, 0.29) is 0 Å². The van der Waals surface area contributed by atoms with Crippen LogP contribution in [-0.4, -0.2) is 19.7 Å². The molecule has 0 atom stereocenters. The molecule has 2 N–H and O–H groups in total. The Hall–Kier alpha value is -2.56. The van der Waals surface area contributed by atoms with Crippen molar-refractivity contribution in [1.29, 1.82) is 0 Å². The molecule has 3 aromatic rings. The van der Waals surface area contributed by atoms with Gasteiger partial charge in [-0.25, -0.2) is 9.50 Å². The van der Waals surface area contributed by atoms with Crippen LogP contribution in [-0.2, 0) is 6.54 Å². The number of nitrogens with one attached hydrogen (secondary N) is 1. The second-order valence-corrected chi connectivity index (χ2v) is 5.31. The summed E-state index contributed by atoms with van der Waals surface area (Å²) in [6.07, 6.45) is 3.80. The van der Waals surface area contributed by atoms with Gasteiger partial charge in [0, 0.05) is 41.8 Å². The van der Waals surface area contributed by atoms with Gasteiger partial charge in [0.15, 0.2) is 5.65 Å². The molecule has 5 nitrogen and oxygen atoms in total. The number of hydrogen-bond donors (Lipinski definition) is 2. The van der Waals surface area contributed by atoms with Crippen molar-refractivity contribution in [3.05, 3.63) is 53.0 Å².